The number of carbonyl (C=O) groups excluding carboxylic acids is 2. The number of carbonyl (C=O) groups is 2. The molecule has 7 nitrogen and oxygen atoms in total. The highest BCUT2D eigenvalue weighted by Crippen LogP contribution is 2.38. The number of amides is 2. The Morgan fingerprint density at radius 3 is 2.86 bits per heavy atom. The first kappa shape index (κ1) is 15.0. The molecule has 22 heavy (non-hydrogen) atoms. The molecule has 1 spiro atoms. The fourth-order valence-electron chi connectivity index (χ4n) is 3.66. The number of nitrogens with zero attached hydrogens (tertiary/aromatic N) is 3. The molecular weight excluding hydrogens is 284 g/mol. The van der Waals surface area contributed by atoms with Crippen LogP contribution in [0.15, 0.2) is 12.5 Å². The van der Waals surface area contributed by atoms with Gasteiger partial charge in [-0.1, -0.05) is 0 Å². The molecule has 2 amide bonds. The summed E-state index contributed by atoms with van der Waals surface area (Å²) in [5.74, 6) is -0.0573. The van der Waals surface area contributed by atoms with E-state index in [1.807, 2.05) is 4.90 Å². The first-order valence-electron chi connectivity index (χ1n) is 7.78. The van der Waals surface area contributed by atoms with Gasteiger partial charge in [-0.05, 0) is 25.7 Å². The van der Waals surface area contributed by atoms with Crippen LogP contribution in [-0.4, -0.2) is 70.5 Å². The Bertz CT molecular complexity index is 545. The van der Waals surface area contributed by atoms with E-state index >= 15 is 0 Å². The van der Waals surface area contributed by atoms with Crippen LogP contribution in [0.2, 0.25) is 0 Å². The van der Waals surface area contributed by atoms with Crippen LogP contribution in [0.4, 0.5) is 0 Å². The lowest BCUT2D eigenvalue weighted by Gasteiger charge is -2.44. The minimum absolute atomic E-state index is 0.0705. The number of aromatic nitrogens is 2. The largest absolute Gasteiger partial charge is 0.383 e. The zero-order valence-electron chi connectivity index (χ0n) is 12.9. The second-order valence-corrected chi connectivity index (χ2v) is 5.95. The summed E-state index contributed by atoms with van der Waals surface area (Å²) < 4.78 is 5.09. The maximum Gasteiger partial charge on any atom is 0.272 e. The lowest BCUT2D eigenvalue weighted by atomic mass is 9.85. The Morgan fingerprint density at radius 1 is 1.41 bits per heavy atom. The van der Waals surface area contributed by atoms with Gasteiger partial charge in [0.15, 0.2) is 0 Å². The highest BCUT2D eigenvalue weighted by atomic mass is 16.5. The number of methoxy groups -OCH3 is 1. The average molecular weight is 306 g/mol. The third-order valence-electron chi connectivity index (χ3n) is 4.73. The van der Waals surface area contributed by atoms with Crippen molar-refractivity contribution in [3.8, 4) is 0 Å². The molecule has 7 heteroatoms. The molecule has 0 bridgehead atoms. The third kappa shape index (κ3) is 2.39. The molecule has 2 aliphatic rings. The monoisotopic (exact) mass is 306 g/mol. The summed E-state index contributed by atoms with van der Waals surface area (Å²) in [4.78, 5) is 36.0. The quantitative estimate of drug-likeness (QED) is 0.886. The number of rotatable bonds is 4. The summed E-state index contributed by atoms with van der Waals surface area (Å²) >= 11 is 0. The molecule has 120 valence electrons. The molecule has 0 aliphatic carbocycles. The Balaban J connectivity index is 1.83. The zero-order chi connectivity index (χ0) is 15.6. The van der Waals surface area contributed by atoms with E-state index in [1.165, 1.54) is 12.5 Å². The Morgan fingerprint density at radius 2 is 2.18 bits per heavy atom. The third-order valence-corrected chi connectivity index (χ3v) is 4.73. The number of aromatic amines is 1. The molecule has 1 aromatic heterocycles. The highest BCUT2D eigenvalue weighted by molar-refractivity contribution is 5.98. The van der Waals surface area contributed by atoms with Crippen molar-refractivity contribution in [3.63, 3.8) is 0 Å². The maximum absolute atomic E-state index is 13.0. The van der Waals surface area contributed by atoms with Crippen LogP contribution in [0.25, 0.3) is 0 Å². The summed E-state index contributed by atoms with van der Waals surface area (Å²) in [5.41, 5.74) is -0.225. The number of imidazole rings is 1. The lowest BCUT2D eigenvalue weighted by molar-refractivity contribution is -0.146. The number of ether oxygens (including phenoxy) is 1. The molecule has 1 aromatic rings. The molecule has 1 N–H and O–H groups in total. The van der Waals surface area contributed by atoms with E-state index in [1.54, 1.807) is 12.0 Å². The van der Waals surface area contributed by atoms with E-state index in [-0.39, 0.29) is 11.8 Å². The van der Waals surface area contributed by atoms with Gasteiger partial charge >= 0.3 is 0 Å². The number of hydrogen-bond donors (Lipinski definition) is 1. The van der Waals surface area contributed by atoms with Gasteiger partial charge in [-0.15, -0.1) is 0 Å². The van der Waals surface area contributed by atoms with Crippen molar-refractivity contribution in [2.45, 2.75) is 31.2 Å². The number of piperidine rings is 1. The fraction of sp³-hybridized carbons (Fsp3) is 0.667. The number of hydrogen-bond acceptors (Lipinski definition) is 4. The summed E-state index contributed by atoms with van der Waals surface area (Å²) in [7, 11) is 1.63. The SMILES string of the molecule is COCCN1CCCC2(CCCN2C(=O)c2cnc[nH]2)C1=O. The summed E-state index contributed by atoms with van der Waals surface area (Å²) in [5, 5.41) is 0. The normalized spacial score (nSPS) is 25.2. The lowest BCUT2D eigenvalue weighted by Crippen LogP contribution is -2.61. The van der Waals surface area contributed by atoms with Gasteiger partial charge in [0.2, 0.25) is 5.91 Å². The van der Waals surface area contributed by atoms with Gasteiger partial charge in [-0.25, -0.2) is 4.98 Å². The predicted molar refractivity (Wildman–Crippen MR) is 79.3 cm³/mol. The Hall–Kier alpha value is -1.89. The van der Waals surface area contributed by atoms with Crippen molar-refractivity contribution in [2.75, 3.05) is 33.4 Å². The van der Waals surface area contributed by atoms with Crippen LogP contribution in [0.5, 0.6) is 0 Å². The molecule has 3 rings (SSSR count). The van der Waals surface area contributed by atoms with E-state index in [9.17, 15) is 9.59 Å². The molecule has 1 atom stereocenters. The van der Waals surface area contributed by atoms with Gasteiger partial charge in [0, 0.05) is 26.7 Å². The van der Waals surface area contributed by atoms with E-state index in [0.717, 1.165) is 32.2 Å². The van der Waals surface area contributed by atoms with E-state index in [4.69, 9.17) is 4.74 Å². The number of H-pyrrole nitrogens is 1. The van der Waals surface area contributed by atoms with Crippen molar-refractivity contribution in [1.82, 2.24) is 19.8 Å². The van der Waals surface area contributed by atoms with Crippen LogP contribution in [0.3, 0.4) is 0 Å². The molecule has 2 saturated heterocycles. The maximum atomic E-state index is 13.0. The minimum atomic E-state index is -0.672. The van der Waals surface area contributed by atoms with Gasteiger partial charge in [0.05, 0.1) is 19.1 Å². The first-order chi connectivity index (χ1) is 10.7. The van der Waals surface area contributed by atoms with Crippen molar-refractivity contribution in [3.05, 3.63) is 18.2 Å². The highest BCUT2D eigenvalue weighted by Gasteiger charge is 2.52. The molecule has 3 heterocycles. The van der Waals surface area contributed by atoms with Crippen LogP contribution in [0, 0.1) is 0 Å². The van der Waals surface area contributed by atoms with Crippen molar-refractivity contribution in [2.24, 2.45) is 0 Å². The van der Waals surface area contributed by atoms with Gasteiger partial charge in [0.1, 0.15) is 11.2 Å². The topological polar surface area (TPSA) is 78.5 Å². The molecule has 2 aliphatic heterocycles. The number of nitrogens with one attached hydrogen (secondary N) is 1. The second kappa shape index (κ2) is 6.08. The Kier molecular flexibility index (Phi) is 4.15. The van der Waals surface area contributed by atoms with Crippen LogP contribution in [0.1, 0.15) is 36.2 Å². The standard InChI is InChI=1S/C15H22N4O3/c1-22-9-8-18-6-2-4-15(14(18)21)5-3-7-19(15)13(20)12-10-16-11-17-12/h10-11H,2-9H2,1H3,(H,16,17). The minimum Gasteiger partial charge on any atom is -0.383 e. The molecular formula is C15H22N4O3. The van der Waals surface area contributed by atoms with Crippen LogP contribution < -0.4 is 0 Å². The smallest absolute Gasteiger partial charge is 0.272 e. The molecule has 2 fully saturated rings. The van der Waals surface area contributed by atoms with Crippen LogP contribution in [-0.2, 0) is 9.53 Å². The molecule has 0 aromatic carbocycles. The molecule has 0 radical (unpaired) electrons. The van der Waals surface area contributed by atoms with E-state index < -0.39 is 5.54 Å². The predicted octanol–water partition coefficient (Wildman–Crippen LogP) is 0.653. The number of likely N-dealkylation sites (tertiary alicyclic amines) is 2. The molecule has 0 saturated carbocycles. The summed E-state index contributed by atoms with van der Waals surface area (Å²) in [6.07, 6.45) is 6.28. The first-order valence-corrected chi connectivity index (χ1v) is 7.78. The van der Waals surface area contributed by atoms with Crippen LogP contribution >= 0.6 is 0 Å². The van der Waals surface area contributed by atoms with E-state index in [2.05, 4.69) is 9.97 Å². The fourth-order valence-corrected chi connectivity index (χ4v) is 3.66. The second-order valence-electron chi connectivity index (χ2n) is 5.95. The van der Waals surface area contributed by atoms with Crippen molar-refractivity contribution >= 4 is 11.8 Å². The summed E-state index contributed by atoms with van der Waals surface area (Å²) in [6.45, 7) is 2.48. The van der Waals surface area contributed by atoms with Gasteiger partial charge in [-0.2, -0.15) is 0 Å². The average Bonchev–Trinajstić information content (AvgIpc) is 3.18. The zero-order valence-corrected chi connectivity index (χ0v) is 12.9. The van der Waals surface area contributed by atoms with Gasteiger partial charge in [-0.3, -0.25) is 9.59 Å². The molecule has 1 unspecified atom stereocenters. The van der Waals surface area contributed by atoms with Crippen molar-refractivity contribution in [1.29, 1.82) is 0 Å². The Labute approximate surface area is 129 Å². The van der Waals surface area contributed by atoms with E-state index in [0.29, 0.717) is 25.4 Å². The van der Waals surface area contributed by atoms with Crippen molar-refractivity contribution < 1.29 is 14.3 Å². The summed E-state index contributed by atoms with van der Waals surface area (Å²) in [6, 6.07) is 0. The van der Waals surface area contributed by atoms with Gasteiger partial charge < -0.3 is 19.5 Å². The van der Waals surface area contributed by atoms with Gasteiger partial charge in [0.25, 0.3) is 5.91 Å².